The van der Waals surface area contributed by atoms with Gasteiger partial charge in [0.15, 0.2) is 5.78 Å². The highest BCUT2D eigenvalue weighted by Gasteiger charge is 2.30. The lowest BCUT2D eigenvalue weighted by Crippen LogP contribution is -2.37. The summed E-state index contributed by atoms with van der Waals surface area (Å²) in [6, 6.07) is 6.23. The van der Waals surface area contributed by atoms with Gasteiger partial charge in [-0.15, -0.1) is 0 Å². The second kappa shape index (κ2) is 6.95. The Kier molecular flexibility index (Phi) is 5.83. The number of alkyl halides is 1. The van der Waals surface area contributed by atoms with Gasteiger partial charge in [0, 0.05) is 12.1 Å². The van der Waals surface area contributed by atoms with Crippen molar-refractivity contribution in [1.29, 1.82) is 0 Å². The lowest BCUT2D eigenvalue weighted by Gasteiger charge is -2.29. The fourth-order valence-corrected chi connectivity index (χ4v) is 2.46. The van der Waals surface area contributed by atoms with Gasteiger partial charge < -0.3 is 4.74 Å². The zero-order valence-electron chi connectivity index (χ0n) is 11.8. The molecule has 6 heteroatoms. The zero-order valence-corrected chi connectivity index (χ0v) is 13.3. The molecule has 0 fully saturated rings. The van der Waals surface area contributed by atoms with E-state index in [0.29, 0.717) is 6.42 Å². The van der Waals surface area contributed by atoms with E-state index in [4.69, 9.17) is 4.74 Å². The lowest BCUT2D eigenvalue weighted by molar-refractivity contribution is -0.384. The van der Waals surface area contributed by atoms with Crippen molar-refractivity contribution < 1.29 is 14.5 Å². The Morgan fingerprint density at radius 3 is 2.35 bits per heavy atom. The third-order valence-electron chi connectivity index (χ3n) is 3.08. The molecule has 0 heterocycles. The summed E-state index contributed by atoms with van der Waals surface area (Å²) in [6.45, 7) is 5.40. The number of hydrogen-bond donors (Lipinski definition) is 0. The number of non-ortho nitro benzene ring substituents is 1. The quantitative estimate of drug-likeness (QED) is 0.428. The van der Waals surface area contributed by atoms with E-state index in [9.17, 15) is 14.9 Å². The van der Waals surface area contributed by atoms with Gasteiger partial charge in [0.1, 0.15) is 5.60 Å². The highest BCUT2D eigenvalue weighted by atomic mass is 79.9. The molecule has 0 aliphatic carbocycles. The molecular formula is C14H18BrNO4. The van der Waals surface area contributed by atoms with Crippen LogP contribution in [-0.4, -0.2) is 21.6 Å². The topological polar surface area (TPSA) is 69.4 Å². The van der Waals surface area contributed by atoms with Crippen LogP contribution in [0.15, 0.2) is 24.3 Å². The largest absolute Gasteiger partial charge is 0.360 e. The molecule has 0 aromatic heterocycles. The van der Waals surface area contributed by atoms with Crippen LogP contribution >= 0.6 is 15.9 Å². The number of carbonyl (C=O) groups excluding carboxylic acids is 1. The fourth-order valence-electron chi connectivity index (χ4n) is 1.78. The normalized spacial score (nSPS) is 13.0. The van der Waals surface area contributed by atoms with Crippen molar-refractivity contribution in [2.45, 2.75) is 38.9 Å². The zero-order chi connectivity index (χ0) is 15.3. The van der Waals surface area contributed by atoms with E-state index in [2.05, 4.69) is 15.9 Å². The minimum absolute atomic E-state index is 0.0411. The number of rotatable bonds is 7. The van der Waals surface area contributed by atoms with Gasteiger partial charge in [-0.2, -0.15) is 0 Å². The van der Waals surface area contributed by atoms with Crippen molar-refractivity contribution >= 4 is 27.4 Å². The van der Waals surface area contributed by atoms with Crippen LogP contribution in [0.4, 0.5) is 5.69 Å². The van der Waals surface area contributed by atoms with Crippen LogP contribution in [-0.2, 0) is 9.53 Å². The number of halogens is 1. The molecule has 0 aliphatic heterocycles. The van der Waals surface area contributed by atoms with Gasteiger partial charge in [-0.1, -0.05) is 22.9 Å². The number of nitro groups is 1. The summed E-state index contributed by atoms with van der Waals surface area (Å²) in [7, 11) is 0. The van der Waals surface area contributed by atoms with Crippen molar-refractivity contribution in [3.8, 4) is 0 Å². The maximum absolute atomic E-state index is 11.8. The highest BCUT2D eigenvalue weighted by Crippen LogP contribution is 2.29. The molecular weight excluding hydrogens is 326 g/mol. The maximum Gasteiger partial charge on any atom is 0.269 e. The number of nitrogens with zero attached hydrogens (tertiary/aromatic N) is 1. The predicted octanol–water partition coefficient (Wildman–Crippen LogP) is 3.81. The average molecular weight is 344 g/mol. The summed E-state index contributed by atoms with van der Waals surface area (Å²) in [5.41, 5.74) is -0.0284. The first kappa shape index (κ1) is 16.8. The number of ether oxygens (including phenoxy) is 1. The molecule has 1 atom stereocenters. The Morgan fingerprint density at radius 2 is 1.95 bits per heavy atom. The van der Waals surface area contributed by atoms with Crippen molar-refractivity contribution in [2.75, 3.05) is 5.33 Å². The molecule has 0 N–H and O–H groups in total. The molecule has 0 bridgehead atoms. The summed E-state index contributed by atoms with van der Waals surface area (Å²) in [5, 5.41) is 10.9. The maximum atomic E-state index is 11.8. The Morgan fingerprint density at radius 1 is 1.40 bits per heavy atom. The van der Waals surface area contributed by atoms with Gasteiger partial charge in [0.25, 0.3) is 5.69 Å². The minimum atomic E-state index is -0.897. The first-order valence-electron chi connectivity index (χ1n) is 6.33. The molecule has 0 saturated carbocycles. The number of carbonyl (C=O) groups is 1. The Hall–Kier alpha value is -1.27. The molecule has 0 radical (unpaired) electrons. The molecule has 110 valence electrons. The predicted molar refractivity (Wildman–Crippen MR) is 80.1 cm³/mol. The molecule has 1 unspecified atom stereocenters. The Balaban J connectivity index is 2.91. The fraction of sp³-hybridized carbons (Fsp3) is 0.500. The third-order valence-corrected chi connectivity index (χ3v) is 3.59. The average Bonchev–Trinajstić information content (AvgIpc) is 2.43. The number of nitro benzene ring substituents is 1. The van der Waals surface area contributed by atoms with Crippen molar-refractivity contribution in [3.63, 3.8) is 0 Å². The smallest absolute Gasteiger partial charge is 0.269 e. The molecule has 5 nitrogen and oxygen atoms in total. The van der Waals surface area contributed by atoms with E-state index in [0.717, 1.165) is 5.56 Å². The van der Waals surface area contributed by atoms with Crippen LogP contribution in [0.25, 0.3) is 0 Å². The van der Waals surface area contributed by atoms with Gasteiger partial charge in [0.05, 0.1) is 16.4 Å². The van der Waals surface area contributed by atoms with Crippen LogP contribution in [0.5, 0.6) is 0 Å². The second-order valence-corrected chi connectivity index (χ2v) is 5.49. The van der Waals surface area contributed by atoms with Gasteiger partial charge in [0.2, 0.25) is 0 Å². The molecule has 0 amide bonds. The van der Waals surface area contributed by atoms with Crippen LogP contribution in [0.3, 0.4) is 0 Å². The summed E-state index contributed by atoms with van der Waals surface area (Å²) in [4.78, 5) is 22.0. The standard InChI is InChI=1S/C14H18BrNO4/c1-4-12(20-14(2,3)13(17)9-15)10-5-7-11(8-6-10)16(18)19/h5-8,12H,4,9H2,1-3H3. The third kappa shape index (κ3) is 4.11. The summed E-state index contributed by atoms with van der Waals surface area (Å²) in [5.74, 6) is -0.0436. The molecule has 1 aromatic rings. The summed E-state index contributed by atoms with van der Waals surface area (Å²) < 4.78 is 5.88. The van der Waals surface area contributed by atoms with E-state index >= 15 is 0 Å². The van der Waals surface area contributed by atoms with Crippen LogP contribution in [0.2, 0.25) is 0 Å². The Bertz CT molecular complexity index is 484. The molecule has 0 aliphatic rings. The van der Waals surface area contributed by atoms with Gasteiger partial charge >= 0.3 is 0 Å². The summed E-state index contributed by atoms with van der Waals surface area (Å²) >= 11 is 3.14. The van der Waals surface area contributed by atoms with Crippen molar-refractivity contribution in [3.05, 3.63) is 39.9 Å². The number of ketones is 1. The minimum Gasteiger partial charge on any atom is -0.360 e. The number of hydrogen-bond acceptors (Lipinski definition) is 4. The van der Waals surface area contributed by atoms with Crippen LogP contribution in [0.1, 0.15) is 38.9 Å². The SMILES string of the molecule is CCC(OC(C)(C)C(=O)CBr)c1ccc([N+](=O)[O-])cc1. The molecule has 1 aromatic carbocycles. The van der Waals surface area contributed by atoms with E-state index in [-0.39, 0.29) is 22.9 Å². The van der Waals surface area contributed by atoms with Crippen LogP contribution in [0, 0.1) is 10.1 Å². The van der Waals surface area contributed by atoms with E-state index < -0.39 is 10.5 Å². The lowest BCUT2D eigenvalue weighted by atomic mass is 10.0. The van der Waals surface area contributed by atoms with Crippen molar-refractivity contribution in [2.24, 2.45) is 0 Å². The number of benzene rings is 1. The summed E-state index contributed by atoms with van der Waals surface area (Å²) in [6.07, 6.45) is 0.408. The van der Waals surface area contributed by atoms with E-state index in [1.54, 1.807) is 26.0 Å². The van der Waals surface area contributed by atoms with Crippen LogP contribution < -0.4 is 0 Å². The first-order chi connectivity index (χ1) is 9.31. The molecule has 0 saturated heterocycles. The monoisotopic (exact) mass is 343 g/mol. The second-order valence-electron chi connectivity index (χ2n) is 4.93. The van der Waals surface area contributed by atoms with Crippen molar-refractivity contribution in [1.82, 2.24) is 0 Å². The Labute approximate surface area is 126 Å². The van der Waals surface area contributed by atoms with E-state index in [1.807, 2.05) is 6.92 Å². The molecule has 20 heavy (non-hydrogen) atoms. The van der Waals surface area contributed by atoms with Gasteiger partial charge in [-0.05, 0) is 38.0 Å². The highest BCUT2D eigenvalue weighted by molar-refractivity contribution is 9.09. The molecule has 0 spiro atoms. The number of Topliss-reactive ketones (excluding diaryl/α,β-unsaturated/α-hetero) is 1. The first-order valence-corrected chi connectivity index (χ1v) is 7.45. The van der Waals surface area contributed by atoms with Gasteiger partial charge in [-0.3, -0.25) is 14.9 Å². The van der Waals surface area contributed by atoms with E-state index in [1.165, 1.54) is 12.1 Å². The van der Waals surface area contributed by atoms with Gasteiger partial charge in [-0.25, -0.2) is 0 Å². The molecule has 1 rings (SSSR count).